The molecule has 20 heavy (non-hydrogen) atoms. The lowest BCUT2D eigenvalue weighted by atomic mass is 10.2. The summed E-state index contributed by atoms with van der Waals surface area (Å²) >= 11 is -2.56. The van der Waals surface area contributed by atoms with E-state index in [4.69, 9.17) is 5.11 Å². The molecule has 0 saturated heterocycles. The van der Waals surface area contributed by atoms with Crippen molar-refractivity contribution in [3.05, 3.63) is 53.7 Å². The van der Waals surface area contributed by atoms with E-state index in [1.807, 2.05) is 6.92 Å². The molecular weight excluding hydrogens is 280 g/mol. The molecule has 0 aliphatic carbocycles. The zero-order chi connectivity index (χ0) is 14.7. The molecule has 0 bridgehead atoms. The van der Waals surface area contributed by atoms with E-state index in [0.717, 1.165) is 16.1 Å². The van der Waals surface area contributed by atoms with Gasteiger partial charge in [-0.15, -0.1) is 0 Å². The van der Waals surface area contributed by atoms with Gasteiger partial charge in [-0.05, 0) is 31.2 Å². The number of carbonyl (C=O) groups is 1. The van der Waals surface area contributed by atoms with Gasteiger partial charge in [0.2, 0.25) is 0 Å². The van der Waals surface area contributed by atoms with E-state index in [1.165, 1.54) is 12.1 Å². The summed E-state index contributed by atoms with van der Waals surface area (Å²) in [4.78, 5) is 14.6. The molecule has 0 saturated carbocycles. The van der Waals surface area contributed by atoms with Crippen LogP contribution in [0.5, 0.6) is 0 Å². The van der Waals surface area contributed by atoms with Gasteiger partial charge in [-0.3, -0.25) is 8.51 Å². The fourth-order valence-corrected chi connectivity index (χ4v) is 2.16. The van der Waals surface area contributed by atoms with Gasteiger partial charge in [0.05, 0.1) is 22.5 Å². The molecule has 0 aliphatic rings. The first kappa shape index (κ1) is 14.2. The Morgan fingerprint density at radius 1 is 1.25 bits per heavy atom. The van der Waals surface area contributed by atoms with Crippen LogP contribution in [0.3, 0.4) is 0 Å². The van der Waals surface area contributed by atoms with Gasteiger partial charge in [-0.25, -0.2) is 9.78 Å². The van der Waals surface area contributed by atoms with E-state index in [1.54, 1.807) is 24.3 Å². The second-order valence-electron chi connectivity index (χ2n) is 4.06. The standard InChI is InChI=1S/C13H12N2O4S/c1-9-2-5-11(6-3-9)15(20(18)19)12-7-4-10(8-14-12)13(16)17/h2-8H,1H3,(H,16,17)(H,18,19)/p-1. The van der Waals surface area contributed by atoms with E-state index in [-0.39, 0.29) is 11.4 Å². The summed E-state index contributed by atoms with van der Waals surface area (Å²) in [6.07, 6.45) is 1.12. The Bertz CT molecular complexity index is 640. The van der Waals surface area contributed by atoms with E-state index in [0.29, 0.717) is 5.69 Å². The number of pyridine rings is 1. The Balaban J connectivity index is 2.40. The van der Waals surface area contributed by atoms with Crippen LogP contribution in [-0.4, -0.2) is 24.8 Å². The summed E-state index contributed by atoms with van der Waals surface area (Å²) in [7, 11) is 0. The second kappa shape index (κ2) is 5.81. The predicted octanol–water partition coefficient (Wildman–Crippen LogP) is 2.02. The van der Waals surface area contributed by atoms with Crippen LogP contribution in [0.2, 0.25) is 0 Å². The van der Waals surface area contributed by atoms with Crippen molar-refractivity contribution in [3.8, 4) is 0 Å². The van der Waals surface area contributed by atoms with Crippen molar-refractivity contribution in [1.82, 2.24) is 4.98 Å². The van der Waals surface area contributed by atoms with Crippen molar-refractivity contribution in [2.24, 2.45) is 0 Å². The average molecular weight is 291 g/mol. The van der Waals surface area contributed by atoms with Gasteiger partial charge in [0.25, 0.3) is 0 Å². The van der Waals surface area contributed by atoms with E-state index < -0.39 is 17.2 Å². The lowest BCUT2D eigenvalue weighted by molar-refractivity contribution is 0.0696. The maximum atomic E-state index is 11.4. The normalized spacial score (nSPS) is 11.9. The molecule has 7 heteroatoms. The van der Waals surface area contributed by atoms with Crippen LogP contribution in [0.15, 0.2) is 42.6 Å². The first-order chi connectivity index (χ1) is 9.49. The molecule has 1 unspecified atom stereocenters. The molecule has 0 aliphatic heterocycles. The monoisotopic (exact) mass is 291 g/mol. The van der Waals surface area contributed by atoms with Crippen LogP contribution >= 0.6 is 0 Å². The molecule has 2 rings (SSSR count). The number of aromatic carboxylic acids is 1. The van der Waals surface area contributed by atoms with Gasteiger partial charge in [0, 0.05) is 6.20 Å². The summed E-state index contributed by atoms with van der Waals surface area (Å²) in [5, 5.41) is 8.80. The number of rotatable bonds is 4. The number of hydrogen-bond acceptors (Lipinski definition) is 4. The SMILES string of the molecule is Cc1ccc(N(c2ccc(C(=O)O)cn2)S(=O)[O-])cc1. The maximum Gasteiger partial charge on any atom is 0.337 e. The minimum atomic E-state index is -2.56. The molecule has 6 nitrogen and oxygen atoms in total. The molecule has 1 atom stereocenters. The van der Waals surface area contributed by atoms with Crippen molar-refractivity contribution >= 4 is 28.7 Å². The highest BCUT2D eigenvalue weighted by molar-refractivity contribution is 7.81. The lowest BCUT2D eigenvalue weighted by Gasteiger charge is -2.25. The Morgan fingerprint density at radius 3 is 2.35 bits per heavy atom. The van der Waals surface area contributed by atoms with Crippen LogP contribution in [-0.2, 0) is 11.3 Å². The number of carboxylic acid groups (broad SMARTS) is 1. The number of aromatic nitrogens is 1. The Morgan fingerprint density at radius 2 is 1.90 bits per heavy atom. The number of anilines is 2. The van der Waals surface area contributed by atoms with Crippen LogP contribution in [0.25, 0.3) is 0 Å². The van der Waals surface area contributed by atoms with Gasteiger partial charge in [-0.1, -0.05) is 17.7 Å². The molecule has 1 N–H and O–H groups in total. The molecule has 0 amide bonds. The highest BCUT2D eigenvalue weighted by atomic mass is 32.2. The van der Waals surface area contributed by atoms with Gasteiger partial charge >= 0.3 is 5.97 Å². The second-order valence-corrected chi connectivity index (χ2v) is 4.86. The van der Waals surface area contributed by atoms with Crippen LogP contribution in [0.1, 0.15) is 15.9 Å². The van der Waals surface area contributed by atoms with Crippen molar-refractivity contribution in [1.29, 1.82) is 0 Å². The smallest absolute Gasteiger partial charge is 0.337 e. The Labute approximate surface area is 118 Å². The first-order valence-corrected chi connectivity index (χ1v) is 6.68. The highest BCUT2D eigenvalue weighted by Crippen LogP contribution is 2.25. The van der Waals surface area contributed by atoms with E-state index in [9.17, 15) is 13.6 Å². The molecule has 0 fully saturated rings. The minimum absolute atomic E-state index is 0.00529. The molecule has 1 aromatic heterocycles. The summed E-state index contributed by atoms with van der Waals surface area (Å²) in [6, 6.07) is 9.51. The van der Waals surface area contributed by atoms with Crippen LogP contribution in [0.4, 0.5) is 11.5 Å². The fraction of sp³-hybridized carbons (Fsp3) is 0.0769. The van der Waals surface area contributed by atoms with Gasteiger partial charge in [0.1, 0.15) is 5.82 Å². The lowest BCUT2D eigenvalue weighted by Crippen LogP contribution is -2.20. The van der Waals surface area contributed by atoms with Crippen molar-refractivity contribution in [3.63, 3.8) is 0 Å². The van der Waals surface area contributed by atoms with Gasteiger partial charge in [-0.2, -0.15) is 0 Å². The predicted molar refractivity (Wildman–Crippen MR) is 73.4 cm³/mol. The third kappa shape index (κ3) is 3.01. The van der Waals surface area contributed by atoms with Crippen molar-refractivity contribution < 1.29 is 18.7 Å². The summed E-state index contributed by atoms with van der Waals surface area (Å²) < 4.78 is 23.7. The Kier molecular flexibility index (Phi) is 4.11. The average Bonchev–Trinajstić information content (AvgIpc) is 2.41. The van der Waals surface area contributed by atoms with Crippen molar-refractivity contribution in [2.45, 2.75) is 6.92 Å². The molecule has 104 valence electrons. The summed E-state index contributed by atoms with van der Waals surface area (Å²) in [6.45, 7) is 1.89. The maximum absolute atomic E-state index is 11.4. The molecule has 1 heterocycles. The number of carboxylic acids is 1. The topological polar surface area (TPSA) is 93.6 Å². The fourth-order valence-electron chi connectivity index (χ4n) is 1.61. The van der Waals surface area contributed by atoms with E-state index in [2.05, 4.69) is 4.98 Å². The number of hydrogen-bond donors (Lipinski definition) is 1. The molecule has 0 spiro atoms. The summed E-state index contributed by atoms with van der Waals surface area (Å²) in [5.74, 6) is -0.985. The zero-order valence-electron chi connectivity index (χ0n) is 10.5. The number of aryl methyl sites for hydroxylation is 1. The third-order valence-electron chi connectivity index (χ3n) is 2.62. The third-order valence-corrected chi connectivity index (χ3v) is 3.32. The highest BCUT2D eigenvalue weighted by Gasteiger charge is 2.12. The van der Waals surface area contributed by atoms with E-state index >= 15 is 0 Å². The number of nitrogens with zero attached hydrogens (tertiary/aromatic N) is 2. The molecule has 0 radical (unpaired) electrons. The van der Waals surface area contributed by atoms with Crippen LogP contribution < -0.4 is 4.31 Å². The van der Waals surface area contributed by atoms with Gasteiger partial charge in [0.15, 0.2) is 0 Å². The zero-order valence-corrected chi connectivity index (χ0v) is 11.3. The van der Waals surface area contributed by atoms with Crippen molar-refractivity contribution in [2.75, 3.05) is 4.31 Å². The summed E-state index contributed by atoms with van der Waals surface area (Å²) in [5.41, 5.74) is 1.42. The molecular formula is C13H11N2O4S-. The largest absolute Gasteiger partial charge is 0.755 e. The molecule has 1 aromatic carbocycles. The Hall–Kier alpha value is -2.25. The minimum Gasteiger partial charge on any atom is -0.755 e. The number of benzene rings is 1. The quantitative estimate of drug-likeness (QED) is 0.870. The van der Waals surface area contributed by atoms with Gasteiger partial charge < -0.3 is 9.66 Å². The molecule has 2 aromatic rings. The van der Waals surface area contributed by atoms with Crippen LogP contribution in [0, 0.1) is 6.92 Å². The first-order valence-electron chi connectivity index (χ1n) is 5.64.